The molecule has 1 aliphatic rings. The van der Waals surface area contributed by atoms with Crippen LogP contribution < -0.4 is 5.32 Å². The van der Waals surface area contributed by atoms with Gasteiger partial charge in [0.15, 0.2) is 0 Å². The van der Waals surface area contributed by atoms with Gasteiger partial charge < -0.3 is 10.3 Å². The van der Waals surface area contributed by atoms with Crippen LogP contribution in [0.4, 0.5) is 0 Å². The number of aromatic nitrogens is 2. The lowest BCUT2D eigenvalue weighted by Crippen LogP contribution is -2.40. The Morgan fingerprint density at radius 3 is 2.19 bits per heavy atom. The van der Waals surface area contributed by atoms with Gasteiger partial charge in [0.2, 0.25) is 0 Å². The molecule has 0 bridgehead atoms. The van der Waals surface area contributed by atoms with E-state index in [1.54, 1.807) is 0 Å². The highest BCUT2D eigenvalue weighted by molar-refractivity contribution is 5.26. The maximum atomic E-state index is 4.83. The predicted octanol–water partition coefficient (Wildman–Crippen LogP) is 2.52. The summed E-state index contributed by atoms with van der Waals surface area (Å²) in [6.07, 6.45) is 0. The molecule has 0 aliphatic carbocycles. The molecule has 0 unspecified atom stereocenters. The number of hydrogen-bond donors (Lipinski definition) is 2. The third-order valence-electron chi connectivity index (χ3n) is 3.21. The number of nitrogens with one attached hydrogen (secondary N) is 2. The average molecular weight is 221 g/mol. The van der Waals surface area contributed by atoms with E-state index in [0.717, 1.165) is 13.1 Å². The van der Waals surface area contributed by atoms with E-state index in [9.17, 15) is 0 Å². The number of aromatic amines is 1. The second kappa shape index (κ2) is 3.88. The molecule has 0 aromatic carbocycles. The first-order valence-electron chi connectivity index (χ1n) is 6.20. The Morgan fingerprint density at radius 1 is 1.25 bits per heavy atom. The number of hydrogen-bond acceptors (Lipinski definition) is 2. The molecule has 2 N–H and O–H groups in total. The SMILES string of the molecule is CC(C)c1[nH]c(C2CNC2)nc1C(C)(C)C. The second-order valence-electron chi connectivity index (χ2n) is 6.14. The van der Waals surface area contributed by atoms with Crippen molar-refractivity contribution < 1.29 is 0 Å². The van der Waals surface area contributed by atoms with Crippen molar-refractivity contribution in [1.82, 2.24) is 15.3 Å². The lowest BCUT2D eigenvalue weighted by molar-refractivity contribution is 0.430. The number of nitrogens with zero attached hydrogens (tertiary/aromatic N) is 1. The van der Waals surface area contributed by atoms with Gasteiger partial charge in [0.1, 0.15) is 5.82 Å². The Kier molecular flexibility index (Phi) is 2.82. The van der Waals surface area contributed by atoms with Gasteiger partial charge in [-0.2, -0.15) is 0 Å². The highest BCUT2D eigenvalue weighted by Crippen LogP contribution is 2.30. The van der Waals surface area contributed by atoms with Crippen molar-refractivity contribution in [2.24, 2.45) is 0 Å². The molecule has 0 amide bonds. The van der Waals surface area contributed by atoms with E-state index in [1.807, 2.05) is 0 Å². The van der Waals surface area contributed by atoms with Crippen LogP contribution in [-0.2, 0) is 5.41 Å². The summed E-state index contributed by atoms with van der Waals surface area (Å²) in [4.78, 5) is 8.37. The van der Waals surface area contributed by atoms with Crippen molar-refractivity contribution in [3.63, 3.8) is 0 Å². The van der Waals surface area contributed by atoms with Crippen molar-refractivity contribution in [3.8, 4) is 0 Å². The van der Waals surface area contributed by atoms with E-state index in [2.05, 4.69) is 44.9 Å². The minimum atomic E-state index is 0.130. The fraction of sp³-hybridized carbons (Fsp3) is 0.769. The van der Waals surface area contributed by atoms with Crippen LogP contribution in [0.1, 0.15) is 63.7 Å². The summed E-state index contributed by atoms with van der Waals surface area (Å²) in [6, 6.07) is 0. The van der Waals surface area contributed by atoms with Gasteiger partial charge in [-0.05, 0) is 5.92 Å². The first-order valence-corrected chi connectivity index (χ1v) is 6.20. The quantitative estimate of drug-likeness (QED) is 0.805. The maximum Gasteiger partial charge on any atom is 0.112 e. The molecule has 0 spiro atoms. The molecule has 0 saturated carbocycles. The van der Waals surface area contributed by atoms with E-state index in [1.165, 1.54) is 17.2 Å². The summed E-state index contributed by atoms with van der Waals surface area (Å²) in [5.41, 5.74) is 2.68. The molecule has 1 aliphatic heterocycles. The standard InChI is InChI=1S/C13H23N3/c1-8(2)10-11(13(3,4)5)16-12(15-10)9-6-14-7-9/h8-9,14H,6-7H2,1-5H3,(H,15,16). The zero-order valence-corrected chi connectivity index (χ0v) is 11.0. The molecule has 0 radical (unpaired) electrons. The van der Waals surface area contributed by atoms with Gasteiger partial charge >= 0.3 is 0 Å². The zero-order valence-electron chi connectivity index (χ0n) is 11.0. The Hall–Kier alpha value is -0.830. The summed E-state index contributed by atoms with van der Waals surface area (Å²) in [7, 11) is 0. The normalized spacial score (nSPS) is 17.9. The van der Waals surface area contributed by atoms with E-state index < -0.39 is 0 Å². The first kappa shape index (κ1) is 11.6. The van der Waals surface area contributed by atoms with Crippen LogP contribution >= 0.6 is 0 Å². The Bertz CT molecular complexity index is 367. The summed E-state index contributed by atoms with van der Waals surface area (Å²) in [6.45, 7) is 13.3. The summed E-state index contributed by atoms with van der Waals surface area (Å²) in [5, 5.41) is 3.30. The van der Waals surface area contributed by atoms with E-state index in [4.69, 9.17) is 4.98 Å². The Morgan fingerprint density at radius 2 is 1.88 bits per heavy atom. The molecular weight excluding hydrogens is 198 g/mol. The van der Waals surface area contributed by atoms with Crippen molar-refractivity contribution in [1.29, 1.82) is 0 Å². The Balaban J connectivity index is 2.37. The minimum Gasteiger partial charge on any atom is -0.345 e. The predicted molar refractivity (Wildman–Crippen MR) is 67.0 cm³/mol. The maximum absolute atomic E-state index is 4.83. The molecule has 3 heteroatoms. The lowest BCUT2D eigenvalue weighted by atomic mass is 9.88. The van der Waals surface area contributed by atoms with Gasteiger partial charge in [0.25, 0.3) is 0 Å². The first-order chi connectivity index (χ1) is 7.39. The van der Waals surface area contributed by atoms with E-state index in [0.29, 0.717) is 11.8 Å². The van der Waals surface area contributed by atoms with Crippen LogP contribution in [0.2, 0.25) is 0 Å². The van der Waals surface area contributed by atoms with Crippen molar-refractivity contribution in [3.05, 3.63) is 17.2 Å². The van der Waals surface area contributed by atoms with Crippen LogP contribution in [-0.4, -0.2) is 23.1 Å². The Labute approximate surface area is 98.1 Å². The van der Waals surface area contributed by atoms with Gasteiger partial charge in [-0.3, -0.25) is 0 Å². The minimum absolute atomic E-state index is 0.130. The molecule has 1 aromatic heterocycles. The van der Waals surface area contributed by atoms with Crippen LogP contribution in [0.15, 0.2) is 0 Å². The molecule has 1 fully saturated rings. The van der Waals surface area contributed by atoms with Gasteiger partial charge in [-0.1, -0.05) is 34.6 Å². The monoisotopic (exact) mass is 221 g/mol. The number of rotatable bonds is 2. The van der Waals surface area contributed by atoms with Crippen molar-refractivity contribution in [2.45, 2.75) is 51.9 Å². The van der Waals surface area contributed by atoms with Crippen LogP contribution in [0.5, 0.6) is 0 Å². The fourth-order valence-electron chi connectivity index (χ4n) is 2.07. The van der Waals surface area contributed by atoms with Crippen LogP contribution in [0.3, 0.4) is 0 Å². The van der Waals surface area contributed by atoms with Crippen molar-refractivity contribution in [2.75, 3.05) is 13.1 Å². The van der Waals surface area contributed by atoms with E-state index >= 15 is 0 Å². The molecule has 2 rings (SSSR count). The zero-order chi connectivity index (χ0) is 11.9. The fourth-order valence-corrected chi connectivity index (χ4v) is 2.07. The molecular formula is C13H23N3. The average Bonchev–Trinajstić information content (AvgIpc) is 2.44. The molecule has 16 heavy (non-hydrogen) atoms. The smallest absolute Gasteiger partial charge is 0.112 e. The highest BCUT2D eigenvalue weighted by atomic mass is 15.0. The topological polar surface area (TPSA) is 40.7 Å². The molecule has 3 nitrogen and oxygen atoms in total. The molecule has 2 heterocycles. The lowest BCUT2D eigenvalue weighted by Gasteiger charge is -2.25. The van der Waals surface area contributed by atoms with Crippen LogP contribution in [0.25, 0.3) is 0 Å². The third-order valence-corrected chi connectivity index (χ3v) is 3.21. The van der Waals surface area contributed by atoms with Crippen LogP contribution in [0, 0.1) is 0 Å². The van der Waals surface area contributed by atoms with E-state index in [-0.39, 0.29) is 5.41 Å². The summed E-state index contributed by atoms with van der Waals surface area (Å²) < 4.78 is 0. The van der Waals surface area contributed by atoms with Gasteiger partial charge in [0.05, 0.1) is 5.69 Å². The number of imidazole rings is 1. The molecule has 1 aromatic rings. The summed E-state index contributed by atoms with van der Waals surface area (Å²) >= 11 is 0. The molecule has 0 atom stereocenters. The summed E-state index contributed by atoms with van der Waals surface area (Å²) in [5.74, 6) is 2.28. The molecule has 1 saturated heterocycles. The number of H-pyrrole nitrogens is 1. The highest BCUT2D eigenvalue weighted by Gasteiger charge is 2.28. The second-order valence-corrected chi connectivity index (χ2v) is 6.14. The third kappa shape index (κ3) is 2.01. The van der Waals surface area contributed by atoms with Gasteiger partial charge in [-0.15, -0.1) is 0 Å². The largest absolute Gasteiger partial charge is 0.345 e. The molecule has 90 valence electrons. The van der Waals surface area contributed by atoms with Crippen molar-refractivity contribution >= 4 is 0 Å². The van der Waals surface area contributed by atoms with Gasteiger partial charge in [-0.25, -0.2) is 4.98 Å². The van der Waals surface area contributed by atoms with Gasteiger partial charge in [0, 0.05) is 30.1 Å².